The highest BCUT2D eigenvalue weighted by atomic mass is 16.7. The topological polar surface area (TPSA) is 100 Å². The van der Waals surface area contributed by atoms with Crippen molar-refractivity contribution < 1.29 is 33.3 Å². The summed E-state index contributed by atoms with van der Waals surface area (Å²) in [6, 6.07) is 4.45. The van der Waals surface area contributed by atoms with Gasteiger partial charge in [0.15, 0.2) is 18.1 Å². The van der Waals surface area contributed by atoms with Crippen molar-refractivity contribution >= 4 is 23.9 Å². The average molecular weight is 377 g/mol. The van der Waals surface area contributed by atoms with Gasteiger partial charge in [-0.3, -0.25) is 4.79 Å². The van der Waals surface area contributed by atoms with Crippen LogP contribution in [0.15, 0.2) is 24.3 Å². The molecule has 0 saturated carbocycles. The normalized spacial score (nSPS) is 13.5. The van der Waals surface area contributed by atoms with Crippen molar-refractivity contribution in [1.29, 1.82) is 0 Å². The smallest absolute Gasteiger partial charge is 0.331 e. The summed E-state index contributed by atoms with van der Waals surface area (Å²) < 4.78 is 20.0. The molecular weight excluding hydrogens is 354 g/mol. The molecule has 1 amide bonds. The first-order valence-corrected chi connectivity index (χ1v) is 8.50. The van der Waals surface area contributed by atoms with E-state index in [0.29, 0.717) is 17.9 Å². The minimum atomic E-state index is -0.773. The van der Waals surface area contributed by atoms with Crippen LogP contribution >= 0.6 is 0 Å². The fourth-order valence-corrected chi connectivity index (χ4v) is 2.43. The Morgan fingerprint density at radius 2 is 1.96 bits per heavy atom. The Morgan fingerprint density at radius 3 is 2.67 bits per heavy atom. The van der Waals surface area contributed by atoms with E-state index >= 15 is 0 Å². The molecule has 1 aromatic carbocycles. The van der Waals surface area contributed by atoms with E-state index in [0.717, 1.165) is 5.56 Å². The maximum absolute atomic E-state index is 11.9. The highest BCUT2D eigenvalue weighted by molar-refractivity contribution is 5.90. The lowest BCUT2D eigenvalue weighted by Gasteiger charge is -2.18. The molecule has 146 valence electrons. The Bertz CT molecular complexity index is 727. The van der Waals surface area contributed by atoms with Crippen LogP contribution in [-0.4, -0.2) is 44.4 Å². The third-order valence-electron chi connectivity index (χ3n) is 3.68. The molecular formula is C19H23NO7. The number of hydrogen-bond acceptors (Lipinski definition) is 7. The Hall–Kier alpha value is -3.03. The van der Waals surface area contributed by atoms with Gasteiger partial charge in [0.05, 0.1) is 7.11 Å². The number of hydrogen-bond donors (Lipinski definition) is 1. The van der Waals surface area contributed by atoms with Gasteiger partial charge in [0, 0.05) is 6.08 Å². The molecule has 0 saturated heterocycles. The van der Waals surface area contributed by atoms with Crippen LogP contribution in [0.2, 0.25) is 0 Å². The van der Waals surface area contributed by atoms with Crippen LogP contribution in [0.25, 0.3) is 6.08 Å². The number of benzene rings is 1. The molecule has 0 bridgehead atoms. The van der Waals surface area contributed by atoms with Gasteiger partial charge < -0.3 is 24.3 Å². The van der Waals surface area contributed by atoms with Crippen LogP contribution in [-0.2, 0) is 23.9 Å². The number of carbonyl (C=O) groups is 3. The second-order valence-electron chi connectivity index (χ2n) is 6.33. The first-order chi connectivity index (χ1) is 12.9. The third kappa shape index (κ3) is 6.32. The maximum Gasteiger partial charge on any atom is 0.331 e. The highest BCUT2D eigenvalue weighted by Gasteiger charge is 2.22. The number of ether oxygens (including phenoxy) is 4. The molecule has 8 heteroatoms. The van der Waals surface area contributed by atoms with Gasteiger partial charge in [-0.25, -0.2) is 9.59 Å². The van der Waals surface area contributed by atoms with E-state index < -0.39 is 30.5 Å². The van der Waals surface area contributed by atoms with Crippen LogP contribution in [0.4, 0.5) is 0 Å². The van der Waals surface area contributed by atoms with Crippen molar-refractivity contribution in [1.82, 2.24) is 5.32 Å². The van der Waals surface area contributed by atoms with Crippen LogP contribution < -0.4 is 14.8 Å². The quantitative estimate of drug-likeness (QED) is 0.543. The molecule has 1 aliphatic rings. The van der Waals surface area contributed by atoms with Gasteiger partial charge in [-0.1, -0.05) is 19.9 Å². The number of fused-ring (bicyclic) bond motifs is 1. The second kappa shape index (κ2) is 9.61. The summed E-state index contributed by atoms with van der Waals surface area (Å²) in [4.78, 5) is 35.4. The van der Waals surface area contributed by atoms with Crippen LogP contribution in [0.5, 0.6) is 11.5 Å². The lowest BCUT2D eigenvalue weighted by atomic mass is 10.0. The van der Waals surface area contributed by atoms with Gasteiger partial charge in [0.25, 0.3) is 5.91 Å². The van der Waals surface area contributed by atoms with Crippen molar-refractivity contribution in [3.63, 3.8) is 0 Å². The lowest BCUT2D eigenvalue weighted by Crippen LogP contribution is -2.44. The van der Waals surface area contributed by atoms with Gasteiger partial charge in [0.1, 0.15) is 6.04 Å². The van der Waals surface area contributed by atoms with E-state index in [-0.39, 0.29) is 12.7 Å². The van der Waals surface area contributed by atoms with E-state index in [4.69, 9.17) is 14.2 Å². The summed E-state index contributed by atoms with van der Waals surface area (Å²) in [6.07, 6.45) is 3.17. The monoisotopic (exact) mass is 377 g/mol. The Kier molecular flexibility index (Phi) is 7.22. The SMILES string of the molecule is COC(=O)[C@@H](CC(C)C)NC(=O)COC(=O)/C=C/c1ccc2c(c1)OCO2. The van der Waals surface area contributed by atoms with Crippen LogP contribution in [0.1, 0.15) is 25.8 Å². The average Bonchev–Trinajstić information content (AvgIpc) is 3.10. The van der Waals surface area contributed by atoms with Gasteiger partial charge in [0.2, 0.25) is 6.79 Å². The molecule has 0 unspecified atom stereocenters. The Labute approximate surface area is 157 Å². The molecule has 0 aromatic heterocycles. The third-order valence-corrected chi connectivity index (χ3v) is 3.68. The van der Waals surface area contributed by atoms with Crippen molar-refractivity contribution in [2.45, 2.75) is 26.3 Å². The number of nitrogens with one attached hydrogen (secondary N) is 1. The van der Waals surface area contributed by atoms with Gasteiger partial charge in [-0.05, 0) is 36.1 Å². The highest BCUT2D eigenvalue weighted by Crippen LogP contribution is 2.32. The largest absolute Gasteiger partial charge is 0.467 e. The van der Waals surface area contributed by atoms with Crippen molar-refractivity contribution in [2.75, 3.05) is 20.5 Å². The molecule has 1 N–H and O–H groups in total. The van der Waals surface area contributed by atoms with Crippen molar-refractivity contribution in [3.05, 3.63) is 29.8 Å². The number of carbonyl (C=O) groups excluding carboxylic acids is 3. The van der Waals surface area contributed by atoms with Crippen molar-refractivity contribution in [2.24, 2.45) is 5.92 Å². The molecule has 1 aromatic rings. The summed E-state index contributed by atoms with van der Waals surface area (Å²) in [7, 11) is 1.25. The number of esters is 2. The van der Waals surface area contributed by atoms with Gasteiger partial charge >= 0.3 is 11.9 Å². The van der Waals surface area contributed by atoms with E-state index in [9.17, 15) is 14.4 Å². The molecule has 0 radical (unpaired) electrons. The molecule has 1 atom stereocenters. The number of amides is 1. The summed E-state index contributed by atoms with van der Waals surface area (Å²) in [6.45, 7) is 3.52. The van der Waals surface area contributed by atoms with E-state index in [1.807, 2.05) is 13.8 Å². The Balaban J connectivity index is 1.81. The van der Waals surface area contributed by atoms with E-state index in [2.05, 4.69) is 10.1 Å². The predicted molar refractivity (Wildman–Crippen MR) is 96.0 cm³/mol. The summed E-state index contributed by atoms with van der Waals surface area (Å²) in [5.74, 6) is -0.360. The number of rotatable bonds is 8. The summed E-state index contributed by atoms with van der Waals surface area (Å²) in [5, 5.41) is 2.51. The number of methoxy groups -OCH3 is 1. The minimum Gasteiger partial charge on any atom is -0.467 e. The molecule has 0 aliphatic carbocycles. The van der Waals surface area contributed by atoms with Gasteiger partial charge in [-0.15, -0.1) is 0 Å². The van der Waals surface area contributed by atoms with Gasteiger partial charge in [-0.2, -0.15) is 0 Å². The fraction of sp³-hybridized carbons (Fsp3) is 0.421. The molecule has 2 rings (SSSR count). The predicted octanol–water partition coefficient (Wildman–Crippen LogP) is 1.68. The van der Waals surface area contributed by atoms with E-state index in [1.54, 1.807) is 18.2 Å². The van der Waals surface area contributed by atoms with Crippen LogP contribution in [0.3, 0.4) is 0 Å². The first-order valence-electron chi connectivity index (χ1n) is 8.50. The zero-order chi connectivity index (χ0) is 19.8. The first kappa shape index (κ1) is 20.3. The van der Waals surface area contributed by atoms with Crippen LogP contribution in [0, 0.1) is 5.92 Å². The molecule has 0 fully saturated rings. The minimum absolute atomic E-state index is 0.170. The molecule has 1 heterocycles. The molecule has 0 spiro atoms. The summed E-state index contributed by atoms with van der Waals surface area (Å²) >= 11 is 0. The zero-order valence-corrected chi connectivity index (χ0v) is 15.5. The lowest BCUT2D eigenvalue weighted by molar-refractivity contribution is -0.148. The molecule has 8 nitrogen and oxygen atoms in total. The molecule has 1 aliphatic heterocycles. The second-order valence-corrected chi connectivity index (χ2v) is 6.33. The maximum atomic E-state index is 11.9. The Morgan fingerprint density at radius 1 is 1.22 bits per heavy atom. The summed E-state index contributed by atoms with van der Waals surface area (Å²) in [5.41, 5.74) is 0.725. The zero-order valence-electron chi connectivity index (χ0n) is 15.5. The standard InChI is InChI=1S/C19H23NO7/c1-12(2)8-14(19(23)24-3)20-17(21)10-25-18(22)7-5-13-4-6-15-16(9-13)27-11-26-15/h4-7,9,12,14H,8,10-11H2,1-3H3,(H,20,21)/b7-5+/t14-/m1/s1. The fourth-order valence-electron chi connectivity index (χ4n) is 2.43. The van der Waals surface area contributed by atoms with Crippen molar-refractivity contribution in [3.8, 4) is 11.5 Å². The molecule has 27 heavy (non-hydrogen) atoms. The van der Waals surface area contributed by atoms with E-state index in [1.165, 1.54) is 19.3 Å².